The predicted molar refractivity (Wildman–Crippen MR) is 130 cm³/mol. The summed E-state index contributed by atoms with van der Waals surface area (Å²) in [6.07, 6.45) is 13.7. The van der Waals surface area contributed by atoms with Crippen molar-refractivity contribution in [3.05, 3.63) is 29.4 Å². The lowest BCUT2D eigenvalue weighted by atomic mass is 9.52. The molecule has 1 aliphatic heterocycles. The highest BCUT2D eigenvalue weighted by Gasteiger charge is 2.55. The first kappa shape index (κ1) is 21.5. The number of fused-ring (bicyclic) bond motifs is 1. The molecule has 4 bridgehead atoms. The highest BCUT2D eigenvalue weighted by atomic mass is 16.5. The fourth-order valence-corrected chi connectivity index (χ4v) is 7.54. The number of anilines is 1. The lowest BCUT2D eigenvalue weighted by Crippen LogP contribution is -2.59. The van der Waals surface area contributed by atoms with E-state index in [2.05, 4.69) is 43.2 Å². The zero-order valence-corrected chi connectivity index (χ0v) is 19.8. The van der Waals surface area contributed by atoms with Gasteiger partial charge in [-0.05, 0) is 75.8 Å². The molecule has 2 aromatic rings. The summed E-state index contributed by atoms with van der Waals surface area (Å²) >= 11 is 0. The van der Waals surface area contributed by atoms with Crippen LogP contribution in [0.5, 0.6) is 0 Å². The van der Waals surface area contributed by atoms with Gasteiger partial charge in [0.15, 0.2) is 0 Å². The van der Waals surface area contributed by atoms with Gasteiger partial charge in [-0.25, -0.2) is 0 Å². The Kier molecular flexibility index (Phi) is 4.99. The van der Waals surface area contributed by atoms with E-state index >= 15 is 0 Å². The van der Waals surface area contributed by atoms with Crippen molar-refractivity contribution in [2.75, 3.05) is 18.4 Å². The molecule has 0 spiro atoms. The summed E-state index contributed by atoms with van der Waals surface area (Å²) < 4.78 is 5.40. The van der Waals surface area contributed by atoms with Crippen molar-refractivity contribution in [3.63, 3.8) is 0 Å². The number of amides is 1. The molecule has 0 aromatic carbocycles. The molecule has 3 heterocycles. The van der Waals surface area contributed by atoms with Crippen molar-refractivity contribution >= 4 is 17.7 Å². The van der Waals surface area contributed by atoms with Crippen LogP contribution in [0, 0.1) is 17.8 Å². The number of rotatable bonds is 5. The van der Waals surface area contributed by atoms with E-state index in [4.69, 9.17) is 4.52 Å². The van der Waals surface area contributed by atoms with Gasteiger partial charge in [0.1, 0.15) is 0 Å². The lowest BCUT2D eigenvalue weighted by molar-refractivity contribution is -0.129. The van der Waals surface area contributed by atoms with E-state index in [1.54, 1.807) is 6.20 Å². The fourth-order valence-electron chi connectivity index (χ4n) is 7.54. The first-order valence-electron chi connectivity index (χ1n) is 13.1. The summed E-state index contributed by atoms with van der Waals surface area (Å²) in [5.41, 5.74) is 3.36. The van der Waals surface area contributed by atoms with E-state index in [9.17, 15) is 9.90 Å². The van der Waals surface area contributed by atoms with Gasteiger partial charge in [0.05, 0.1) is 22.5 Å². The number of piperidine rings is 1. The Labute approximate surface area is 204 Å². The van der Waals surface area contributed by atoms with E-state index in [0.717, 1.165) is 74.1 Å². The fraction of sp³-hybridized carbons (Fsp3) is 0.615. The van der Waals surface area contributed by atoms with Crippen LogP contribution >= 0.6 is 0 Å². The number of aliphatic hydroxyl groups is 1. The number of carbonyl (C=O) groups excluding carboxylic acids is 1. The van der Waals surface area contributed by atoms with E-state index < -0.39 is 5.60 Å². The number of allylic oxidation sites excluding steroid dienone is 1. The highest BCUT2D eigenvalue weighted by molar-refractivity contribution is 5.91. The summed E-state index contributed by atoms with van der Waals surface area (Å²) in [4.78, 5) is 21.9. The van der Waals surface area contributed by atoms with Crippen LogP contribution in [0.2, 0.25) is 0 Å². The van der Waals surface area contributed by atoms with Crippen LogP contribution in [-0.2, 0) is 6.42 Å². The van der Waals surface area contributed by atoms with Crippen LogP contribution in [0.4, 0.5) is 5.69 Å². The molecule has 1 amide bonds. The third kappa shape index (κ3) is 3.76. The Morgan fingerprint density at radius 3 is 2.74 bits per heavy atom. The second-order valence-corrected chi connectivity index (χ2v) is 11.3. The van der Waals surface area contributed by atoms with Crippen LogP contribution in [0.3, 0.4) is 0 Å². The van der Waals surface area contributed by atoms with E-state index in [0.29, 0.717) is 29.6 Å². The first-order chi connectivity index (χ1) is 17.0. The summed E-state index contributed by atoms with van der Waals surface area (Å²) in [5.74, 6) is 1.61. The van der Waals surface area contributed by atoms with Crippen LogP contribution < -0.4 is 16.0 Å². The molecule has 4 saturated carbocycles. The largest absolute Gasteiger partial charge is 0.390 e. The van der Waals surface area contributed by atoms with Crippen molar-refractivity contribution < 1.29 is 14.4 Å². The number of nitrogens with zero attached hydrogens (tertiary/aromatic N) is 3. The first-order valence-corrected chi connectivity index (χ1v) is 13.1. The average Bonchev–Trinajstić information content (AvgIpc) is 3.51. The van der Waals surface area contributed by atoms with Gasteiger partial charge in [0.2, 0.25) is 5.82 Å². The number of nitrogens with one attached hydrogen (secondary N) is 3. The number of hydrogen-bond acceptors (Lipinski definition) is 8. The Hall–Kier alpha value is -2.78. The molecule has 5 aliphatic carbocycles. The van der Waals surface area contributed by atoms with E-state index in [-0.39, 0.29) is 17.8 Å². The summed E-state index contributed by atoms with van der Waals surface area (Å²) in [6, 6.07) is 0.426. The zero-order chi connectivity index (χ0) is 23.6. The number of hydrogen-bond donors (Lipinski definition) is 4. The Morgan fingerprint density at radius 2 is 1.97 bits per heavy atom. The number of carbonyl (C=O) groups is 1. The molecule has 9 nitrogen and oxygen atoms in total. The Balaban J connectivity index is 1.18. The minimum atomic E-state index is -0.470. The third-order valence-corrected chi connectivity index (χ3v) is 8.88. The molecule has 4 N–H and O–H groups in total. The molecule has 184 valence electrons. The van der Waals surface area contributed by atoms with Crippen molar-refractivity contribution in [2.45, 2.75) is 69.1 Å². The predicted octanol–water partition coefficient (Wildman–Crippen LogP) is 2.53. The molecule has 9 heteroatoms. The van der Waals surface area contributed by atoms with Gasteiger partial charge in [0.25, 0.3) is 0 Å². The van der Waals surface area contributed by atoms with E-state index in [1.807, 2.05) is 0 Å². The van der Waals surface area contributed by atoms with Crippen molar-refractivity contribution in [1.29, 1.82) is 0 Å². The molecular formula is C26H32N6O3. The third-order valence-electron chi connectivity index (χ3n) is 8.88. The van der Waals surface area contributed by atoms with Gasteiger partial charge >= 0.3 is 11.8 Å². The Morgan fingerprint density at radius 1 is 1.17 bits per heavy atom. The summed E-state index contributed by atoms with van der Waals surface area (Å²) in [6.45, 7) is 1.79. The quantitative estimate of drug-likeness (QED) is 0.519. The topological polar surface area (TPSA) is 125 Å². The summed E-state index contributed by atoms with van der Waals surface area (Å²) in [7, 11) is 0. The molecule has 0 radical (unpaired) electrons. The molecule has 5 atom stereocenters. The molecule has 2 aromatic heterocycles. The number of pyridine rings is 1. The van der Waals surface area contributed by atoms with Gasteiger partial charge in [0, 0.05) is 30.3 Å². The molecule has 5 fully saturated rings. The van der Waals surface area contributed by atoms with Crippen molar-refractivity contribution in [3.8, 4) is 11.4 Å². The van der Waals surface area contributed by atoms with Gasteiger partial charge < -0.3 is 25.6 Å². The minimum absolute atomic E-state index is 0.0163. The van der Waals surface area contributed by atoms with Crippen LogP contribution in [0.15, 0.2) is 16.8 Å². The smallest absolute Gasteiger partial charge is 0.316 e. The van der Waals surface area contributed by atoms with E-state index in [1.165, 1.54) is 12.8 Å². The maximum Gasteiger partial charge on any atom is 0.316 e. The maximum atomic E-state index is 12.8. The standard InChI is InChI=1S/C26H32N6O3/c33-24(29-17-4-6-27-7-5-17)25-31-23(32-35-25)19-13-28-20-3-1-2-18(20)22(19)30-21-15-8-14-9-16(21)12-26(34,10-14)11-15/h1-2,13-17,21,27,34H,3-12H2,(H,28,30)(H,29,33)/t14?,15-,16+,21?,26?. The number of aromatic nitrogens is 3. The molecule has 35 heavy (non-hydrogen) atoms. The van der Waals surface area contributed by atoms with Crippen molar-refractivity contribution in [1.82, 2.24) is 25.8 Å². The monoisotopic (exact) mass is 476 g/mol. The second-order valence-electron chi connectivity index (χ2n) is 11.3. The van der Waals surface area contributed by atoms with Crippen LogP contribution in [-0.4, -0.2) is 56.9 Å². The lowest BCUT2D eigenvalue weighted by Gasteiger charge is -2.58. The van der Waals surface area contributed by atoms with Crippen LogP contribution in [0.1, 0.15) is 66.9 Å². The normalized spacial score (nSPS) is 33.2. The molecule has 6 aliphatic rings. The molecule has 8 rings (SSSR count). The average molecular weight is 477 g/mol. The second kappa shape index (κ2) is 8.13. The van der Waals surface area contributed by atoms with Gasteiger partial charge in [-0.1, -0.05) is 17.3 Å². The Bertz CT molecular complexity index is 1170. The highest BCUT2D eigenvalue weighted by Crippen LogP contribution is 2.56. The zero-order valence-electron chi connectivity index (χ0n) is 19.8. The summed E-state index contributed by atoms with van der Waals surface area (Å²) in [5, 5.41) is 25.4. The molecular weight excluding hydrogens is 444 g/mol. The molecule has 1 saturated heterocycles. The van der Waals surface area contributed by atoms with Gasteiger partial charge in [-0.3, -0.25) is 9.78 Å². The van der Waals surface area contributed by atoms with Gasteiger partial charge in [-0.15, -0.1) is 0 Å². The maximum absolute atomic E-state index is 12.8. The minimum Gasteiger partial charge on any atom is -0.390 e. The van der Waals surface area contributed by atoms with Gasteiger partial charge in [-0.2, -0.15) is 4.98 Å². The van der Waals surface area contributed by atoms with Crippen molar-refractivity contribution in [2.24, 2.45) is 17.8 Å². The molecule has 3 unspecified atom stereocenters. The SMILES string of the molecule is O=C(NC1CCNCC1)c1nc(-c2cnc3c(c2NC2[C@@H]4CC5C[C@H]2CC(O)(C5)C4)C=CC3)no1. The van der Waals surface area contributed by atoms with Crippen LogP contribution in [0.25, 0.3) is 17.5 Å².